The van der Waals surface area contributed by atoms with Gasteiger partial charge >= 0.3 is 0 Å². The molecule has 0 spiro atoms. The Labute approximate surface area is 47.8 Å². The zero-order valence-electron chi connectivity index (χ0n) is 4.72. The van der Waals surface area contributed by atoms with Crippen LogP contribution in [0, 0.1) is 0 Å². The maximum Gasteiger partial charge on any atom is 0.244 e. The van der Waals surface area contributed by atoms with E-state index in [0.717, 1.165) is 0 Å². The maximum atomic E-state index is 10.1. The lowest BCUT2D eigenvalue weighted by Crippen LogP contribution is -2.11. The van der Waals surface area contributed by atoms with Crippen molar-refractivity contribution in [1.82, 2.24) is 0 Å². The monoisotopic (exact) mass is 115 g/mol. The second-order valence-corrected chi connectivity index (χ2v) is 1.43. The highest BCUT2D eigenvalue weighted by atomic mass is 16.2. The summed E-state index contributed by atoms with van der Waals surface area (Å²) in [4.78, 5) is 10.1. The van der Waals surface area contributed by atoms with Crippen molar-refractivity contribution in [2.24, 2.45) is 5.73 Å². The van der Waals surface area contributed by atoms with Gasteiger partial charge in [0.05, 0.1) is 6.61 Å². The summed E-state index contributed by atoms with van der Waals surface area (Å²) < 4.78 is 0. The molecular weight excluding hydrogens is 106 g/mol. The van der Waals surface area contributed by atoms with Crippen LogP contribution in [0.25, 0.3) is 0 Å². The molecule has 0 aliphatic rings. The molecular formula is C5H9NO2. The lowest BCUT2D eigenvalue weighted by molar-refractivity contribution is -0.114. The molecule has 0 rings (SSSR count). The van der Waals surface area contributed by atoms with E-state index >= 15 is 0 Å². The normalized spacial score (nSPS) is 11.5. The van der Waals surface area contributed by atoms with Crippen molar-refractivity contribution >= 4 is 5.91 Å². The molecule has 0 aliphatic heterocycles. The summed E-state index contributed by atoms with van der Waals surface area (Å²) in [6.07, 6.45) is 1.36. The topological polar surface area (TPSA) is 63.3 Å². The summed E-state index contributed by atoms with van der Waals surface area (Å²) in [5, 5.41) is 8.20. The van der Waals surface area contributed by atoms with E-state index in [1.165, 1.54) is 6.08 Å². The van der Waals surface area contributed by atoms with Gasteiger partial charge in [0.1, 0.15) is 0 Å². The first-order chi connectivity index (χ1) is 3.68. The number of rotatable bonds is 2. The van der Waals surface area contributed by atoms with Gasteiger partial charge in [0.2, 0.25) is 5.91 Å². The number of aliphatic hydroxyl groups excluding tert-OH is 1. The highest BCUT2D eigenvalue weighted by Gasteiger charge is 1.92. The van der Waals surface area contributed by atoms with E-state index in [0.29, 0.717) is 5.57 Å². The lowest BCUT2D eigenvalue weighted by atomic mass is 10.3. The van der Waals surface area contributed by atoms with E-state index in [2.05, 4.69) is 0 Å². The van der Waals surface area contributed by atoms with Gasteiger partial charge in [0.15, 0.2) is 0 Å². The fraction of sp³-hybridized carbons (Fsp3) is 0.400. The Morgan fingerprint density at radius 3 is 2.50 bits per heavy atom. The van der Waals surface area contributed by atoms with Crippen molar-refractivity contribution < 1.29 is 9.90 Å². The summed E-state index contributed by atoms with van der Waals surface area (Å²) >= 11 is 0. The van der Waals surface area contributed by atoms with Gasteiger partial charge in [0.25, 0.3) is 0 Å². The Hall–Kier alpha value is -0.830. The van der Waals surface area contributed by atoms with Gasteiger partial charge in [-0.3, -0.25) is 4.79 Å². The summed E-state index contributed by atoms with van der Waals surface area (Å²) in [6.45, 7) is 1.42. The summed E-state index contributed by atoms with van der Waals surface area (Å²) in [7, 11) is 0. The number of nitrogens with two attached hydrogens (primary N) is 1. The van der Waals surface area contributed by atoms with Crippen LogP contribution in [0.2, 0.25) is 0 Å². The third-order valence-electron chi connectivity index (χ3n) is 0.786. The molecule has 0 bridgehead atoms. The van der Waals surface area contributed by atoms with Gasteiger partial charge < -0.3 is 10.8 Å². The number of primary amides is 1. The van der Waals surface area contributed by atoms with Gasteiger partial charge in [0, 0.05) is 5.57 Å². The predicted molar refractivity (Wildman–Crippen MR) is 30.0 cm³/mol. The Bertz CT molecular complexity index is 118. The lowest BCUT2D eigenvalue weighted by Gasteiger charge is -1.88. The zero-order valence-corrected chi connectivity index (χ0v) is 4.72. The van der Waals surface area contributed by atoms with Crippen LogP contribution in [0.5, 0.6) is 0 Å². The van der Waals surface area contributed by atoms with E-state index in [9.17, 15) is 4.79 Å². The summed E-state index contributed by atoms with van der Waals surface area (Å²) in [6, 6.07) is 0. The van der Waals surface area contributed by atoms with Crippen LogP contribution in [0.1, 0.15) is 6.92 Å². The van der Waals surface area contributed by atoms with Crippen LogP contribution in [-0.4, -0.2) is 17.6 Å². The van der Waals surface area contributed by atoms with Crippen LogP contribution in [0.4, 0.5) is 0 Å². The molecule has 3 N–H and O–H groups in total. The minimum absolute atomic E-state index is 0.130. The van der Waals surface area contributed by atoms with Gasteiger partial charge in [-0.2, -0.15) is 0 Å². The fourth-order valence-corrected chi connectivity index (χ4v) is 0.238. The number of hydrogen-bond acceptors (Lipinski definition) is 2. The average molecular weight is 115 g/mol. The van der Waals surface area contributed by atoms with Crippen molar-refractivity contribution in [2.45, 2.75) is 6.92 Å². The molecule has 0 saturated carbocycles. The fourth-order valence-electron chi connectivity index (χ4n) is 0.238. The smallest absolute Gasteiger partial charge is 0.244 e. The van der Waals surface area contributed by atoms with Crippen molar-refractivity contribution in [2.75, 3.05) is 6.61 Å². The second kappa shape index (κ2) is 3.21. The first kappa shape index (κ1) is 7.17. The molecule has 0 aromatic carbocycles. The molecule has 0 fully saturated rings. The molecule has 0 aliphatic carbocycles. The minimum atomic E-state index is -0.487. The highest BCUT2D eigenvalue weighted by Crippen LogP contribution is 1.86. The third-order valence-corrected chi connectivity index (χ3v) is 0.786. The van der Waals surface area contributed by atoms with E-state index in [4.69, 9.17) is 10.8 Å². The molecule has 46 valence electrons. The molecule has 0 aromatic rings. The van der Waals surface area contributed by atoms with Crippen LogP contribution in [0.3, 0.4) is 0 Å². The Balaban J connectivity index is 3.80. The van der Waals surface area contributed by atoms with Crippen molar-refractivity contribution in [3.8, 4) is 0 Å². The van der Waals surface area contributed by atoms with Gasteiger partial charge in [-0.25, -0.2) is 0 Å². The van der Waals surface area contributed by atoms with Gasteiger partial charge in [-0.15, -0.1) is 0 Å². The van der Waals surface area contributed by atoms with Crippen molar-refractivity contribution in [3.63, 3.8) is 0 Å². The molecule has 0 heterocycles. The van der Waals surface area contributed by atoms with Crippen molar-refractivity contribution in [3.05, 3.63) is 11.6 Å². The van der Waals surface area contributed by atoms with Crippen LogP contribution in [0.15, 0.2) is 11.6 Å². The Kier molecular flexibility index (Phi) is 2.88. The Morgan fingerprint density at radius 1 is 1.88 bits per heavy atom. The van der Waals surface area contributed by atoms with Crippen molar-refractivity contribution in [1.29, 1.82) is 0 Å². The molecule has 0 atom stereocenters. The predicted octanol–water partition coefficient (Wildman–Crippen LogP) is -0.590. The van der Waals surface area contributed by atoms with E-state index in [1.54, 1.807) is 6.92 Å². The van der Waals surface area contributed by atoms with Gasteiger partial charge in [-0.1, -0.05) is 6.08 Å². The second-order valence-electron chi connectivity index (χ2n) is 1.43. The quantitative estimate of drug-likeness (QED) is 0.472. The van der Waals surface area contributed by atoms with Crippen LogP contribution in [-0.2, 0) is 4.79 Å². The highest BCUT2D eigenvalue weighted by molar-refractivity contribution is 5.91. The SMILES string of the molecule is CC(=CCO)C(N)=O. The molecule has 1 amide bonds. The Morgan fingerprint density at radius 2 is 2.38 bits per heavy atom. The summed E-state index contributed by atoms with van der Waals surface area (Å²) in [5.41, 5.74) is 5.20. The van der Waals surface area contributed by atoms with E-state index in [1.807, 2.05) is 0 Å². The largest absolute Gasteiger partial charge is 0.392 e. The first-order valence-corrected chi connectivity index (χ1v) is 2.26. The van der Waals surface area contributed by atoms with E-state index < -0.39 is 5.91 Å². The maximum absolute atomic E-state index is 10.1. The molecule has 8 heavy (non-hydrogen) atoms. The van der Waals surface area contributed by atoms with Crippen LogP contribution >= 0.6 is 0 Å². The number of carbonyl (C=O) groups excluding carboxylic acids is 1. The molecule has 3 nitrogen and oxygen atoms in total. The van der Waals surface area contributed by atoms with E-state index in [-0.39, 0.29) is 6.61 Å². The number of hydrogen-bond donors (Lipinski definition) is 2. The molecule has 0 radical (unpaired) electrons. The minimum Gasteiger partial charge on any atom is -0.392 e. The standard InChI is InChI=1S/C5H9NO2/c1-4(2-3-7)5(6)8/h2,7H,3H2,1H3,(H2,6,8). The third kappa shape index (κ3) is 2.36. The number of carbonyl (C=O) groups is 1. The zero-order chi connectivity index (χ0) is 6.57. The molecule has 0 unspecified atom stereocenters. The molecule has 0 saturated heterocycles. The average Bonchev–Trinajstić information content (AvgIpc) is 1.67. The first-order valence-electron chi connectivity index (χ1n) is 2.26. The number of aliphatic hydroxyl groups is 1. The number of amides is 1. The summed E-state index contributed by atoms with van der Waals surface area (Å²) in [5.74, 6) is -0.487. The van der Waals surface area contributed by atoms with Crippen LogP contribution < -0.4 is 5.73 Å². The molecule has 0 aromatic heterocycles. The van der Waals surface area contributed by atoms with Gasteiger partial charge in [-0.05, 0) is 6.92 Å². The molecule has 3 heteroatoms.